The molecule has 1 fully saturated rings. The first-order chi connectivity index (χ1) is 69.4. The van der Waals surface area contributed by atoms with Crippen LogP contribution in [0.1, 0.15) is 298 Å². The first kappa shape index (κ1) is 97.0. The zero-order valence-electron chi connectivity index (χ0n) is 91.7. The highest BCUT2D eigenvalue weighted by Crippen LogP contribution is 2.62. The predicted molar refractivity (Wildman–Crippen MR) is 603 cm³/mol. The van der Waals surface area contributed by atoms with Crippen molar-refractivity contribution in [2.24, 2.45) is 39.0 Å². The molecule has 11 heteroatoms. The molecule has 0 amide bonds. The van der Waals surface area contributed by atoms with Crippen molar-refractivity contribution >= 4 is 88.1 Å². The topological polar surface area (TPSA) is 107 Å². The second kappa shape index (κ2) is 35.0. The molecule has 11 heterocycles. The van der Waals surface area contributed by atoms with E-state index in [0.717, 1.165) is 101 Å². The minimum Gasteiger partial charge on any atom is -0.454 e. The number of aryl methyl sites for hydroxylation is 12. The Bertz CT molecular complexity index is 8850. The molecule has 0 atom stereocenters. The molecular formula is C135H143N7O4+4. The smallest absolute Gasteiger partial charge is 0.227 e. The zero-order valence-corrected chi connectivity index (χ0v) is 91.7. The molecule has 0 saturated heterocycles. The number of rotatable bonds is 10. The summed E-state index contributed by atoms with van der Waals surface area (Å²) in [6.07, 6.45) is 18.0. The Morgan fingerprint density at radius 3 is 1.13 bits per heavy atom. The predicted octanol–water partition coefficient (Wildman–Crippen LogP) is 34.0. The summed E-state index contributed by atoms with van der Waals surface area (Å²) in [7, 11) is 8.58. The molecule has 25 rings (SSSR count). The number of aromatic nitrogens is 7. The van der Waals surface area contributed by atoms with Crippen LogP contribution in [0.25, 0.3) is 178 Å². The van der Waals surface area contributed by atoms with Crippen LogP contribution < -0.4 is 18.3 Å². The number of benzene rings is 9. The van der Waals surface area contributed by atoms with Gasteiger partial charge in [-0.15, -0.1) is 0 Å². The van der Waals surface area contributed by atoms with Crippen molar-refractivity contribution in [3.8, 4) is 89.5 Å². The van der Waals surface area contributed by atoms with E-state index in [-0.39, 0.29) is 32.5 Å². The minimum atomic E-state index is -0.176. The molecule has 5 aliphatic carbocycles. The molecular weight excluding hydrogens is 1780 g/mol. The van der Waals surface area contributed by atoms with Crippen molar-refractivity contribution in [3.05, 3.63) is 337 Å². The highest BCUT2D eigenvalue weighted by molar-refractivity contribution is 6.17. The summed E-state index contributed by atoms with van der Waals surface area (Å²) < 4.78 is 36.0. The van der Waals surface area contributed by atoms with Crippen LogP contribution in [-0.4, -0.2) is 15.0 Å². The Hall–Kier alpha value is -13.8. The Morgan fingerprint density at radius 1 is 0.308 bits per heavy atom. The number of pyridine rings is 7. The molecule has 0 N–H and O–H groups in total. The maximum atomic E-state index is 6.88. The van der Waals surface area contributed by atoms with E-state index in [0.29, 0.717) is 23.7 Å². The summed E-state index contributed by atoms with van der Waals surface area (Å²) in [5, 5.41) is 9.17. The van der Waals surface area contributed by atoms with Crippen LogP contribution in [0.4, 0.5) is 0 Å². The maximum absolute atomic E-state index is 6.88. The highest BCUT2D eigenvalue weighted by atomic mass is 16.4. The fourth-order valence-electron chi connectivity index (χ4n) is 27.3. The summed E-state index contributed by atoms with van der Waals surface area (Å²) >= 11 is 0. The van der Waals surface area contributed by atoms with Crippen molar-refractivity contribution in [1.82, 2.24) is 15.0 Å². The molecule has 0 unspecified atom stereocenters. The molecule has 0 aliphatic heterocycles. The molecule has 11 nitrogen and oxygen atoms in total. The monoisotopic (exact) mass is 1930 g/mol. The third-order valence-corrected chi connectivity index (χ3v) is 33.7. The number of hydrogen-bond acceptors (Lipinski definition) is 7. The Balaban J connectivity index is 0.000000111. The zero-order chi connectivity index (χ0) is 103. The van der Waals surface area contributed by atoms with Crippen molar-refractivity contribution in [3.63, 3.8) is 0 Å². The molecule has 11 aromatic heterocycles. The standard InChI is InChI=1S/C39H47N2O.C33H33N2O.C32H32NO.C31H31N2O/c1-23(2)30-20-41(11)32(18-25(30)4)33-24(3)16-17-27-29-19-28-26-14-12-13-15-31(26)39(21-37(5,6)7,22-38(8,9)10)35(28)40-36(29)42-34(27)33;1-19(2)26-18-35(5)28(16-21(26)4)29-20(3)12-13-23-25-17-24-22-10-6-7-11-27(22)33(14-8-9-15-33)31(24)34-32(25)36-30(23)29;1-18(2)24-16-27(33(7)17-20(24)4)28-19(3)12-13-21-22-14-15-26-29(31(22)34-30(21)28)23-10-8-9-11-25(23)32(26,5)6;1-17(2)23-16-33(7)25(14-19(23)4)26-18(3)12-13-21-27-28-22(15-32-30(27)34-29(21)26)20-10-8-9-11-24(20)31(28,5)6/h12-20,23H,21-22H2,1-11H3;6-7,10-13,16-19H,8-9,14-15H2,1-5H3;8-18H,1-7H3;8-17H,1-7H3/q4*+1. The van der Waals surface area contributed by atoms with Gasteiger partial charge in [-0.2, -0.15) is 0 Å². The first-order valence-corrected chi connectivity index (χ1v) is 53.4. The van der Waals surface area contributed by atoms with Gasteiger partial charge in [0.2, 0.25) is 39.9 Å². The molecule has 1 spiro atoms. The van der Waals surface area contributed by atoms with Crippen LogP contribution in [0.3, 0.4) is 0 Å². The molecule has 0 radical (unpaired) electrons. The van der Waals surface area contributed by atoms with Gasteiger partial charge < -0.3 is 17.7 Å². The molecule has 738 valence electrons. The summed E-state index contributed by atoms with van der Waals surface area (Å²) in [6, 6.07) is 72.0. The van der Waals surface area contributed by atoms with Gasteiger partial charge in [-0.3, -0.25) is 0 Å². The third-order valence-electron chi connectivity index (χ3n) is 33.7. The van der Waals surface area contributed by atoms with Crippen molar-refractivity contribution in [2.75, 3.05) is 0 Å². The van der Waals surface area contributed by atoms with Crippen LogP contribution in [-0.2, 0) is 49.9 Å². The normalized spacial score (nSPS) is 14.8. The van der Waals surface area contributed by atoms with Gasteiger partial charge in [-0.25, -0.2) is 33.2 Å². The van der Waals surface area contributed by atoms with E-state index < -0.39 is 0 Å². The van der Waals surface area contributed by atoms with Crippen LogP contribution in [0, 0.1) is 66.2 Å². The van der Waals surface area contributed by atoms with Gasteiger partial charge in [0.15, 0.2) is 41.5 Å². The molecule has 5 aliphatic rings. The second-order valence-corrected chi connectivity index (χ2v) is 48.5. The molecule has 0 bridgehead atoms. The molecule has 1 saturated carbocycles. The van der Waals surface area contributed by atoms with E-state index in [9.17, 15) is 0 Å². The fourth-order valence-corrected chi connectivity index (χ4v) is 27.3. The van der Waals surface area contributed by atoms with E-state index in [1.165, 1.54) is 226 Å². The quantitative estimate of drug-likeness (QED) is 0.126. The summed E-state index contributed by atoms with van der Waals surface area (Å²) in [6.45, 7) is 59.1. The summed E-state index contributed by atoms with van der Waals surface area (Å²) in [5.74, 6) is 1.92. The lowest BCUT2D eigenvalue weighted by atomic mass is 9.63. The van der Waals surface area contributed by atoms with Gasteiger partial charge in [-0.1, -0.05) is 295 Å². The number of hydrogen-bond donors (Lipinski definition) is 0. The average Bonchev–Trinajstić information content (AvgIpc) is 1.54. The van der Waals surface area contributed by atoms with E-state index in [1.807, 2.05) is 6.20 Å². The van der Waals surface area contributed by atoms with E-state index in [4.69, 9.17) is 32.6 Å². The van der Waals surface area contributed by atoms with Crippen molar-refractivity contribution < 1.29 is 35.9 Å². The lowest BCUT2D eigenvalue weighted by Crippen LogP contribution is -2.35. The summed E-state index contributed by atoms with van der Waals surface area (Å²) in [5.41, 5.74) is 53.1. The first-order valence-electron chi connectivity index (χ1n) is 53.4. The van der Waals surface area contributed by atoms with Crippen molar-refractivity contribution in [1.29, 1.82) is 0 Å². The van der Waals surface area contributed by atoms with Gasteiger partial charge >= 0.3 is 0 Å². The van der Waals surface area contributed by atoms with Gasteiger partial charge in [0.05, 0.1) is 39.0 Å². The number of nitrogens with zero attached hydrogens (tertiary/aromatic N) is 7. The average molecular weight is 1930 g/mol. The fraction of sp³-hybridized carbons (Fsp3) is 0.341. The Labute approximate surface area is 862 Å². The van der Waals surface area contributed by atoms with E-state index >= 15 is 0 Å². The Kier molecular flexibility index (Phi) is 23.2. The minimum absolute atomic E-state index is 0.0343. The number of furan rings is 4. The SMILES string of the molecule is Cc1c[n+](C)c(-c2c(C)ccc3c2oc2c4c(ccc23)C(C)(C)c2ccccc2-4)cc1C(C)C.Cc1cc(-c2c(C)ccc3c2oc2nc4c(cc23)-c2ccccc2C4(CC(C)(C)C)CC(C)(C)C)[n+](C)cc1C(C)C.Cc1cc(-c2c(C)ccc3c2oc2nc4c(cc23)-c2ccccc2C42CCCC2)[n+](C)cc1C(C)C.Cc1cc(-c2c(C)ccc3c2oc2ncc4c(c23)C(C)(C)c2ccccc2-4)[n+](C)cc1C(C)C. The molecule has 20 aromatic rings. The largest absolute Gasteiger partial charge is 0.454 e. The summed E-state index contributed by atoms with van der Waals surface area (Å²) in [4.78, 5) is 15.6. The molecule has 146 heavy (non-hydrogen) atoms. The van der Waals surface area contributed by atoms with Gasteiger partial charge in [-0.05, 0) is 228 Å². The number of fused-ring (bicyclic) bond motifs is 28. The van der Waals surface area contributed by atoms with Crippen LogP contribution in [0.5, 0.6) is 0 Å². The van der Waals surface area contributed by atoms with Gasteiger partial charge in [0.1, 0.15) is 39.4 Å². The Morgan fingerprint density at radius 2 is 0.664 bits per heavy atom. The van der Waals surface area contributed by atoms with E-state index in [2.05, 4.69) is 445 Å². The maximum Gasteiger partial charge on any atom is 0.227 e. The van der Waals surface area contributed by atoms with Gasteiger partial charge in [0.25, 0.3) is 0 Å². The van der Waals surface area contributed by atoms with Crippen LogP contribution in [0.15, 0.2) is 243 Å². The van der Waals surface area contributed by atoms with Crippen LogP contribution >= 0.6 is 0 Å². The van der Waals surface area contributed by atoms with Gasteiger partial charge in [0, 0.05) is 134 Å². The van der Waals surface area contributed by atoms with Crippen LogP contribution in [0.2, 0.25) is 0 Å². The van der Waals surface area contributed by atoms with Crippen molar-refractivity contribution in [2.45, 2.75) is 264 Å². The highest BCUT2D eigenvalue weighted by Gasteiger charge is 2.51. The van der Waals surface area contributed by atoms with E-state index in [1.54, 1.807) is 0 Å². The second-order valence-electron chi connectivity index (χ2n) is 48.5. The lowest BCUT2D eigenvalue weighted by Gasteiger charge is -2.41. The molecule has 9 aromatic carbocycles. The lowest BCUT2D eigenvalue weighted by molar-refractivity contribution is -0.661. The third kappa shape index (κ3) is 15.3.